The van der Waals surface area contributed by atoms with Gasteiger partial charge in [0.15, 0.2) is 9.84 Å². The van der Waals surface area contributed by atoms with Crippen LogP contribution < -0.4 is 15.8 Å². The number of rotatable bonds is 5. The van der Waals surface area contributed by atoms with Crippen LogP contribution in [0.4, 0.5) is 11.4 Å². The van der Waals surface area contributed by atoms with Crippen molar-refractivity contribution in [3.63, 3.8) is 0 Å². The molecule has 0 heterocycles. The molecule has 0 aliphatic rings. The summed E-state index contributed by atoms with van der Waals surface area (Å²) in [5.74, 6) is -0.684. The first-order chi connectivity index (χ1) is 8.38. The van der Waals surface area contributed by atoms with Crippen molar-refractivity contribution < 1.29 is 17.9 Å². The Hall–Kier alpha value is -1.76. The summed E-state index contributed by atoms with van der Waals surface area (Å²) in [6.07, 6.45) is 0. The standard InChI is InChI=1S/C11H16N2O4S/c1-3-18(15,16)7-11(14)13-8-4-5-10(17-2)9(12)6-8/h4-6H,3,7,12H2,1-2H3,(H,13,14). The lowest BCUT2D eigenvalue weighted by atomic mass is 10.2. The van der Waals surface area contributed by atoms with E-state index in [1.165, 1.54) is 20.1 Å². The first-order valence-corrected chi connectivity index (χ1v) is 7.14. The normalized spacial score (nSPS) is 11.0. The van der Waals surface area contributed by atoms with E-state index in [9.17, 15) is 13.2 Å². The number of ether oxygens (including phenoxy) is 1. The van der Waals surface area contributed by atoms with E-state index in [0.717, 1.165) is 0 Å². The molecule has 1 aromatic rings. The highest BCUT2D eigenvalue weighted by Crippen LogP contribution is 2.24. The zero-order valence-electron chi connectivity index (χ0n) is 10.3. The molecule has 0 saturated heterocycles. The number of hydrogen-bond donors (Lipinski definition) is 2. The number of anilines is 2. The van der Waals surface area contributed by atoms with Gasteiger partial charge in [0.25, 0.3) is 0 Å². The second-order valence-corrected chi connectivity index (χ2v) is 6.03. The SMILES string of the molecule is CCS(=O)(=O)CC(=O)Nc1ccc(OC)c(N)c1. The first kappa shape index (κ1) is 14.3. The molecule has 6 nitrogen and oxygen atoms in total. The highest BCUT2D eigenvalue weighted by Gasteiger charge is 2.14. The predicted molar refractivity (Wildman–Crippen MR) is 70.4 cm³/mol. The van der Waals surface area contributed by atoms with Gasteiger partial charge in [0, 0.05) is 11.4 Å². The van der Waals surface area contributed by atoms with Crippen LogP contribution in [0, 0.1) is 0 Å². The Morgan fingerprint density at radius 1 is 1.44 bits per heavy atom. The number of amides is 1. The van der Waals surface area contributed by atoms with E-state index < -0.39 is 21.5 Å². The fraction of sp³-hybridized carbons (Fsp3) is 0.364. The number of hydrogen-bond acceptors (Lipinski definition) is 5. The predicted octanol–water partition coefficient (Wildman–Crippen LogP) is 0.651. The Morgan fingerprint density at radius 2 is 2.11 bits per heavy atom. The average molecular weight is 272 g/mol. The lowest BCUT2D eigenvalue weighted by Crippen LogP contribution is -2.23. The molecule has 0 aliphatic heterocycles. The van der Waals surface area contributed by atoms with Crippen LogP contribution in [0.25, 0.3) is 0 Å². The van der Waals surface area contributed by atoms with Gasteiger partial charge in [0.2, 0.25) is 5.91 Å². The maximum atomic E-state index is 11.5. The van der Waals surface area contributed by atoms with Crippen molar-refractivity contribution in [3.05, 3.63) is 18.2 Å². The third kappa shape index (κ3) is 3.92. The van der Waals surface area contributed by atoms with Gasteiger partial charge in [-0.25, -0.2) is 8.42 Å². The second-order valence-electron chi connectivity index (χ2n) is 3.68. The molecule has 7 heteroatoms. The number of carbonyl (C=O) groups is 1. The summed E-state index contributed by atoms with van der Waals surface area (Å²) in [7, 11) is -1.85. The van der Waals surface area contributed by atoms with Crippen molar-refractivity contribution in [1.29, 1.82) is 0 Å². The monoisotopic (exact) mass is 272 g/mol. The second kappa shape index (κ2) is 5.72. The van der Waals surface area contributed by atoms with Crippen molar-refractivity contribution in [3.8, 4) is 5.75 Å². The highest BCUT2D eigenvalue weighted by molar-refractivity contribution is 7.92. The quantitative estimate of drug-likeness (QED) is 0.767. The van der Waals surface area contributed by atoms with Crippen molar-refractivity contribution in [1.82, 2.24) is 0 Å². The average Bonchev–Trinajstić information content (AvgIpc) is 2.28. The van der Waals surface area contributed by atoms with Gasteiger partial charge < -0.3 is 15.8 Å². The lowest BCUT2D eigenvalue weighted by Gasteiger charge is -2.08. The molecule has 0 radical (unpaired) electrons. The third-order valence-corrected chi connectivity index (χ3v) is 3.89. The van der Waals surface area contributed by atoms with E-state index >= 15 is 0 Å². The maximum Gasteiger partial charge on any atom is 0.239 e. The molecule has 3 N–H and O–H groups in total. The summed E-state index contributed by atoms with van der Waals surface area (Å²) in [4.78, 5) is 11.5. The minimum absolute atomic E-state index is 0.0643. The lowest BCUT2D eigenvalue weighted by molar-refractivity contribution is -0.113. The van der Waals surface area contributed by atoms with E-state index in [0.29, 0.717) is 17.1 Å². The number of carbonyl (C=O) groups excluding carboxylic acids is 1. The number of methoxy groups -OCH3 is 1. The number of nitrogens with two attached hydrogens (primary N) is 1. The van der Waals surface area contributed by atoms with Gasteiger partial charge in [-0.1, -0.05) is 6.92 Å². The Kier molecular flexibility index (Phi) is 4.55. The molecular formula is C11H16N2O4S. The van der Waals surface area contributed by atoms with Crippen LogP contribution in [-0.2, 0) is 14.6 Å². The molecule has 1 aromatic carbocycles. The van der Waals surface area contributed by atoms with Gasteiger partial charge in [0.1, 0.15) is 11.5 Å². The van der Waals surface area contributed by atoms with Crippen LogP contribution in [0.1, 0.15) is 6.92 Å². The zero-order chi connectivity index (χ0) is 13.8. The minimum Gasteiger partial charge on any atom is -0.495 e. The van der Waals surface area contributed by atoms with Crippen LogP contribution in [0.5, 0.6) is 5.75 Å². The molecule has 0 fully saturated rings. The molecule has 0 atom stereocenters. The van der Waals surface area contributed by atoms with Crippen LogP contribution in [-0.4, -0.2) is 32.9 Å². The molecule has 18 heavy (non-hydrogen) atoms. The molecule has 0 bridgehead atoms. The summed E-state index contributed by atoms with van der Waals surface area (Å²) in [6, 6.07) is 4.69. The van der Waals surface area contributed by atoms with Gasteiger partial charge in [-0.2, -0.15) is 0 Å². The van der Waals surface area contributed by atoms with E-state index in [-0.39, 0.29) is 5.75 Å². The fourth-order valence-electron chi connectivity index (χ4n) is 1.31. The summed E-state index contributed by atoms with van der Waals surface area (Å²) < 4.78 is 27.5. The Balaban J connectivity index is 2.74. The van der Waals surface area contributed by atoms with Crippen molar-refractivity contribution in [2.24, 2.45) is 0 Å². The van der Waals surface area contributed by atoms with Crippen LogP contribution in [0.2, 0.25) is 0 Å². The molecule has 0 unspecified atom stereocenters. The molecule has 1 amide bonds. The number of sulfone groups is 1. The summed E-state index contributed by atoms with van der Waals surface area (Å²) in [5, 5.41) is 2.47. The summed E-state index contributed by atoms with van der Waals surface area (Å²) in [5.41, 5.74) is 6.47. The highest BCUT2D eigenvalue weighted by atomic mass is 32.2. The van der Waals surface area contributed by atoms with Crippen molar-refractivity contribution in [2.75, 3.05) is 29.7 Å². The van der Waals surface area contributed by atoms with Gasteiger partial charge in [-0.3, -0.25) is 4.79 Å². The van der Waals surface area contributed by atoms with Gasteiger partial charge in [-0.05, 0) is 18.2 Å². The number of benzene rings is 1. The van der Waals surface area contributed by atoms with Gasteiger partial charge >= 0.3 is 0 Å². The minimum atomic E-state index is -3.33. The first-order valence-electron chi connectivity index (χ1n) is 5.31. The fourth-order valence-corrected chi connectivity index (χ4v) is 1.99. The molecule has 0 spiro atoms. The van der Waals surface area contributed by atoms with E-state index in [1.807, 2.05) is 0 Å². The van der Waals surface area contributed by atoms with E-state index in [4.69, 9.17) is 10.5 Å². The number of nitrogens with one attached hydrogen (secondary N) is 1. The van der Waals surface area contributed by atoms with Crippen LogP contribution in [0.3, 0.4) is 0 Å². The molecule has 0 aliphatic carbocycles. The summed E-state index contributed by atoms with van der Waals surface area (Å²) in [6.45, 7) is 1.49. The van der Waals surface area contributed by atoms with Crippen LogP contribution in [0.15, 0.2) is 18.2 Å². The largest absolute Gasteiger partial charge is 0.495 e. The maximum absolute atomic E-state index is 11.5. The molecule has 1 rings (SSSR count). The van der Waals surface area contributed by atoms with Crippen molar-refractivity contribution in [2.45, 2.75) is 6.92 Å². The Labute approximate surface area is 106 Å². The third-order valence-electron chi connectivity index (χ3n) is 2.30. The topological polar surface area (TPSA) is 98.5 Å². The van der Waals surface area contributed by atoms with E-state index in [2.05, 4.69) is 5.32 Å². The smallest absolute Gasteiger partial charge is 0.239 e. The molecule has 100 valence electrons. The zero-order valence-corrected chi connectivity index (χ0v) is 11.1. The van der Waals surface area contributed by atoms with Gasteiger partial charge in [0.05, 0.1) is 12.8 Å². The summed E-state index contributed by atoms with van der Waals surface area (Å²) >= 11 is 0. The Morgan fingerprint density at radius 3 is 2.61 bits per heavy atom. The molecule has 0 aromatic heterocycles. The van der Waals surface area contributed by atoms with Gasteiger partial charge in [-0.15, -0.1) is 0 Å². The molecule has 0 saturated carbocycles. The number of nitrogen functional groups attached to an aromatic ring is 1. The van der Waals surface area contributed by atoms with Crippen LogP contribution >= 0.6 is 0 Å². The van der Waals surface area contributed by atoms with E-state index in [1.54, 1.807) is 12.1 Å². The Bertz CT molecular complexity index is 540. The molecular weight excluding hydrogens is 256 g/mol. The van der Waals surface area contributed by atoms with Crippen molar-refractivity contribution >= 4 is 27.1 Å².